The van der Waals surface area contributed by atoms with E-state index in [1.165, 1.54) is 18.2 Å². The molecule has 0 unspecified atom stereocenters. The van der Waals surface area contributed by atoms with Gasteiger partial charge in [-0.25, -0.2) is 8.78 Å². The highest BCUT2D eigenvalue weighted by molar-refractivity contribution is 5.17. The Bertz CT molecular complexity index is 557. The van der Waals surface area contributed by atoms with E-state index >= 15 is 0 Å². The van der Waals surface area contributed by atoms with Gasteiger partial charge in [0.25, 0.3) is 0 Å². The number of nitrogens with zero attached hydrogens (tertiary/aromatic N) is 1. The first-order chi connectivity index (χ1) is 10.1. The first-order valence-corrected chi connectivity index (χ1v) is 6.91. The normalized spacial score (nSPS) is 22.9. The fourth-order valence-electron chi connectivity index (χ4n) is 2.51. The standard InChI is InChI=1S/C16H16F3NO/c17-13(9-20)7-11-1-4-14(5-2-11)21-10-12-3-6-15(18)16(19)8-12/h3,6-8,11,14H,1-2,4-5,10H2/b13-7-/t11-,14-. The second-order valence-corrected chi connectivity index (χ2v) is 5.22. The van der Waals surface area contributed by atoms with Crippen LogP contribution in [0.3, 0.4) is 0 Å². The second kappa shape index (κ2) is 7.28. The van der Waals surface area contributed by atoms with Crippen LogP contribution in [0.15, 0.2) is 30.1 Å². The van der Waals surface area contributed by atoms with Crippen molar-refractivity contribution in [3.63, 3.8) is 0 Å². The minimum atomic E-state index is -0.878. The summed E-state index contributed by atoms with van der Waals surface area (Å²) < 4.78 is 44.4. The van der Waals surface area contributed by atoms with E-state index < -0.39 is 17.5 Å². The van der Waals surface area contributed by atoms with Crippen LogP contribution in [0.2, 0.25) is 0 Å². The third-order valence-electron chi connectivity index (χ3n) is 3.68. The van der Waals surface area contributed by atoms with Gasteiger partial charge < -0.3 is 4.74 Å². The molecule has 0 atom stereocenters. The minimum Gasteiger partial charge on any atom is -0.374 e. The molecule has 21 heavy (non-hydrogen) atoms. The summed E-state index contributed by atoms with van der Waals surface area (Å²) in [5.41, 5.74) is 0.589. The number of hydrogen-bond donors (Lipinski definition) is 0. The maximum atomic E-state index is 13.1. The largest absolute Gasteiger partial charge is 0.374 e. The molecule has 0 aliphatic heterocycles. The maximum absolute atomic E-state index is 13.1. The topological polar surface area (TPSA) is 33.0 Å². The van der Waals surface area contributed by atoms with Gasteiger partial charge in [-0.1, -0.05) is 6.07 Å². The fraction of sp³-hybridized carbons (Fsp3) is 0.438. The molecule has 0 bridgehead atoms. The van der Waals surface area contributed by atoms with Crippen molar-refractivity contribution in [3.05, 3.63) is 47.3 Å². The van der Waals surface area contributed by atoms with E-state index in [0.717, 1.165) is 37.8 Å². The minimum absolute atomic E-state index is 0.0351. The Hall–Kier alpha value is -1.80. The molecule has 1 aromatic rings. The molecule has 0 saturated heterocycles. The second-order valence-electron chi connectivity index (χ2n) is 5.22. The molecule has 1 aliphatic rings. The zero-order chi connectivity index (χ0) is 15.2. The Balaban J connectivity index is 1.79. The first-order valence-electron chi connectivity index (χ1n) is 6.91. The summed E-state index contributed by atoms with van der Waals surface area (Å²) in [4.78, 5) is 0. The molecule has 2 rings (SSSR count). The molecule has 0 heterocycles. The average molecular weight is 295 g/mol. The molecule has 0 amide bonds. The smallest absolute Gasteiger partial charge is 0.196 e. The summed E-state index contributed by atoms with van der Waals surface area (Å²) in [6.07, 6.45) is 4.46. The van der Waals surface area contributed by atoms with Crippen LogP contribution in [-0.2, 0) is 11.3 Å². The predicted molar refractivity (Wildman–Crippen MR) is 71.7 cm³/mol. The van der Waals surface area contributed by atoms with Crippen molar-refractivity contribution in [3.8, 4) is 6.07 Å². The Labute approximate surface area is 121 Å². The molecule has 1 aliphatic carbocycles. The third-order valence-corrected chi connectivity index (χ3v) is 3.68. The summed E-state index contributed by atoms with van der Waals surface area (Å²) in [5, 5.41) is 8.39. The van der Waals surface area contributed by atoms with Crippen LogP contribution in [0.5, 0.6) is 0 Å². The van der Waals surface area contributed by atoms with Crippen molar-refractivity contribution in [1.29, 1.82) is 5.26 Å². The van der Waals surface area contributed by atoms with Gasteiger partial charge in [-0.2, -0.15) is 9.65 Å². The highest BCUT2D eigenvalue weighted by Gasteiger charge is 2.21. The highest BCUT2D eigenvalue weighted by Crippen LogP contribution is 2.28. The number of allylic oxidation sites excluding steroid dienone is 2. The number of hydrogen-bond acceptors (Lipinski definition) is 2. The highest BCUT2D eigenvalue weighted by atomic mass is 19.2. The quantitative estimate of drug-likeness (QED) is 0.770. The molecule has 1 saturated carbocycles. The number of ether oxygens (including phenoxy) is 1. The molecule has 2 nitrogen and oxygen atoms in total. The van der Waals surface area contributed by atoms with Crippen LogP contribution >= 0.6 is 0 Å². The lowest BCUT2D eigenvalue weighted by molar-refractivity contribution is 0.0108. The zero-order valence-corrected chi connectivity index (χ0v) is 11.5. The maximum Gasteiger partial charge on any atom is 0.196 e. The molecule has 0 N–H and O–H groups in total. The number of rotatable bonds is 4. The van der Waals surface area contributed by atoms with Crippen molar-refractivity contribution >= 4 is 0 Å². The first kappa shape index (κ1) is 15.6. The Kier molecular flexibility index (Phi) is 5.40. The van der Waals surface area contributed by atoms with E-state index in [2.05, 4.69) is 0 Å². The van der Waals surface area contributed by atoms with E-state index in [1.807, 2.05) is 0 Å². The van der Waals surface area contributed by atoms with E-state index in [1.54, 1.807) is 0 Å². The summed E-state index contributed by atoms with van der Waals surface area (Å²) in [6, 6.07) is 5.19. The van der Waals surface area contributed by atoms with Crippen LogP contribution < -0.4 is 0 Å². The lowest BCUT2D eigenvalue weighted by Crippen LogP contribution is -2.20. The molecule has 0 aromatic heterocycles. The summed E-state index contributed by atoms with van der Waals surface area (Å²) in [5.74, 6) is -2.41. The third kappa shape index (κ3) is 4.61. The van der Waals surface area contributed by atoms with Gasteiger partial charge in [0, 0.05) is 0 Å². The predicted octanol–water partition coefficient (Wildman–Crippen LogP) is 4.42. The van der Waals surface area contributed by atoms with E-state index in [9.17, 15) is 13.2 Å². The van der Waals surface area contributed by atoms with Crippen LogP contribution in [0.4, 0.5) is 13.2 Å². The van der Waals surface area contributed by atoms with Crippen molar-refractivity contribution in [2.24, 2.45) is 5.92 Å². The Morgan fingerprint density at radius 3 is 2.57 bits per heavy atom. The Morgan fingerprint density at radius 2 is 1.95 bits per heavy atom. The zero-order valence-electron chi connectivity index (χ0n) is 11.5. The van der Waals surface area contributed by atoms with Crippen molar-refractivity contribution in [2.75, 3.05) is 0 Å². The molecule has 1 aromatic carbocycles. The SMILES string of the molecule is N#C/C(F)=C/[C@H]1CC[C@H](OCc2ccc(F)c(F)c2)CC1. The Morgan fingerprint density at radius 1 is 1.24 bits per heavy atom. The van der Waals surface area contributed by atoms with Gasteiger partial charge in [-0.05, 0) is 55.4 Å². The van der Waals surface area contributed by atoms with E-state index in [0.29, 0.717) is 5.56 Å². The number of nitriles is 1. The van der Waals surface area contributed by atoms with Crippen molar-refractivity contribution in [2.45, 2.75) is 38.4 Å². The van der Waals surface area contributed by atoms with Gasteiger partial charge >= 0.3 is 0 Å². The van der Waals surface area contributed by atoms with Crippen LogP contribution in [0, 0.1) is 28.9 Å². The summed E-state index contributed by atoms with van der Waals surface area (Å²) in [7, 11) is 0. The van der Waals surface area contributed by atoms with Crippen LogP contribution in [-0.4, -0.2) is 6.10 Å². The fourth-order valence-corrected chi connectivity index (χ4v) is 2.51. The van der Waals surface area contributed by atoms with Crippen molar-refractivity contribution < 1.29 is 17.9 Å². The molecule has 112 valence electrons. The molecular formula is C16H16F3NO. The number of halogens is 3. The van der Waals surface area contributed by atoms with Gasteiger partial charge in [0.15, 0.2) is 17.5 Å². The van der Waals surface area contributed by atoms with Crippen LogP contribution in [0.1, 0.15) is 31.2 Å². The van der Waals surface area contributed by atoms with Gasteiger partial charge in [-0.3, -0.25) is 0 Å². The van der Waals surface area contributed by atoms with Gasteiger partial charge in [0.2, 0.25) is 0 Å². The lowest BCUT2D eigenvalue weighted by atomic mass is 9.87. The molecule has 0 spiro atoms. The van der Waals surface area contributed by atoms with Gasteiger partial charge in [-0.15, -0.1) is 0 Å². The van der Waals surface area contributed by atoms with E-state index in [4.69, 9.17) is 10.00 Å². The average Bonchev–Trinajstić information content (AvgIpc) is 2.50. The van der Waals surface area contributed by atoms with Crippen molar-refractivity contribution in [1.82, 2.24) is 0 Å². The summed E-state index contributed by atoms with van der Waals surface area (Å²) in [6.45, 7) is 0.231. The number of benzene rings is 1. The van der Waals surface area contributed by atoms with Gasteiger partial charge in [0.05, 0.1) is 12.7 Å². The van der Waals surface area contributed by atoms with Crippen LogP contribution in [0.25, 0.3) is 0 Å². The molecule has 5 heteroatoms. The molecular weight excluding hydrogens is 279 g/mol. The lowest BCUT2D eigenvalue weighted by Gasteiger charge is -2.26. The molecule has 0 radical (unpaired) electrons. The van der Waals surface area contributed by atoms with E-state index in [-0.39, 0.29) is 18.6 Å². The molecule has 1 fully saturated rings. The monoisotopic (exact) mass is 295 g/mol. The van der Waals surface area contributed by atoms with Gasteiger partial charge in [0.1, 0.15) is 6.07 Å². The summed E-state index contributed by atoms with van der Waals surface area (Å²) >= 11 is 0.